The highest BCUT2D eigenvalue weighted by Gasteiger charge is 2.04. The molecule has 0 bridgehead atoms. The number of benzene rings is 3. The summed E-state index contributed by atoms with van der Waals surface area (Å²) in [6, 6.07) is 22.4. The smallest absolute Gasteiger partial charge is 0.311 e. The van der Waals surface area contributed by atoms with E-state index in [1.54, 1.807) is 0 Å². The first-order valence-corrected chi connectivity index (χ1v) is 7.56. The van der Waals surface area contributed by atoms with Gasteiger partial charge in [-0.2, -0.15) is 0 Å². The van der Waals surface area contributed by atoms with Crippen LogP contribution < -0.4 is 4.74 Å². The van der Waals surface area contributed by atoms with Crippen LogP contribution in [0.4, 0.5) is 0 Å². The molecule has 0 amide bonds. The van der Waals surface area contributed by atoms with E-state index in [1.165, 1.54) is 10.8 Å². The third-order valence-corrected chi connectivity index (χ3v) is 3.62. The molecule has 2 heteroatoms. The summed E-state index contributed by atoms with van der Waals surface area (Å²) < 4.78 is 5.28. The van der Waals surface area contributed by atoms with Gasteiger partial charge in [-0.3, -0.25) is 4.79 Å². The summed E-state index contributed by atoms with van der Waals surface area (Å²) in [6.07, 6.45) is 1.25. The molecule has 0 aliphatic heterocycles. The van der Waals surface area contributed by atoms with Crippen LogP contribution in [0.25, 0.3) is 21.9 Å². The van der Waals surface area contributed by atoms with Gasteiger partial charge in [-0.05, 0) is 46.5 Å². The Labute approximate surface area is 130 Å². The van der Waals surface area contributed by atoms with Crippen LogP contribution in [0, 0.1) is 0 Å². The van der Waals surface area contributed by atoms with Crippen molar-refractivity contribution in [2.45, 2.75) is 19.8 Å². The van der Waals surface area contributed by atoms with Gasteiger partial charge in [0, 0.05) is 6.42 Å². The SMILES string of the molecule is CCCC(=O)Oc1ccc(-c2ccc3ccccc3c2)cc1. The Morgan fingerprint density at radius 3 is 2.27 bits per heavy atom. The summed E-state index contributed by atoms with van der Waals surface area (Å²) in [7, 11) is 0. The summed E-state index contributed by atoms with van der Waals surface area (Å²) in [5.41, 5.74) is 2.27. The second-order valence-corrected chi connectivity index (χ2v) is 5.31. The molecule has 0 aromatic heterocycles. The van der Waals surface area contributed by atoms with Crippen LogP contribution in [0.1, 0.15) is 19.8 Å². The molecule has 3 rings (SSSR count). The van der Waals surface area contributed by atoms with Crippen molar-refractivity contribution >= 4 is 16.7 Å². The molecule has 22 heavy (non-hydrogen) atoms. The molecular weight excluding hydrogens is 272 g/mol. The predicted molar refractivity (Wildman–Crippen MR) is 89.9 cm³/mol. The van der Waals surface area contributed by atoms with Gasteiger partial charge in [0.25, 0.3) is 0 Å². The molecule has 0 N–H and O–H groups in total. The molecule has 0 unspecified atom stereocenters. The molecule has 0 radical (unpaired) electrons. The predicted octanol–water partition coefficient (Wildman–Crippen LogP) is 5.21. The van der Waals surface area contributed by atoms with Crippen molar-refractivity contribution in [3.8, 4) is 16.9 Å². The van der Waals surface area contributed by atoms with E-state index in [0.29, 0.717) is 12.2 Å². The fraction of sp³-hybridized carbons (Fsp3) is 0.150. The third kappa shape index (κ3) is 3.17. The fourth-order valence-electron chi connectivity index (χ4n) is 2.47. The molecule has 0 atom stereocenters. The summed E-state index contributed by atoms with van der Waals surface area (Å²) in [6.45, 7) is 1.96. The average Bonchev–Trinajstić information content (AvgIpc) is 2.55. The van der Waals surface area contributed by atoms with E-state index in [4.69, 9.17) is 4.74 Å². The van der Waals surface area contributed by atoms with Gasteiger partial charge in [0.2, 0.25) is 0 Å². The largest absolute Gasteiger partial charge is 0.427 e. The Kier molecular flexibility index (Phi) is 4.19. The number of ether oxygens (including phenoxy) is 1. The minimum absolute atomic E-state index is 0.180. The first kappa shape index (κ1) is 14.3. The van der Waals surface area contributed by atoms with Crippen LogP contribution in [0.15, 0.2) is 66.7 Å². The van der Waals surface area contributed by atoms with Gasteiger partial charge >= 0.3 is 5.97 Å². The highest BCUT2D eigenvalue weighted by atomic mass is 16.5. The van der Waals surface area contributed by atoms with Gasteiger partial charge in [-0.25, -0.2) is 0 Å². The van der Waals surface area contributed by atoms with Gasteiger partial charge in [0.15, 0.2) is 0 Å². The van der Waals surface area contributed by atoms with Crippen molar-refractivity contribution in [3.05, 3.63) is 66.7 Å². The summed E-state index contributed by atoms with van der Waals surface area (Å²) in [4.78, 5) is 11.5. The van der Waals surface area contributed by atoms with E-state index in [0.717, 1.165) is 17.5 Å². The Morgan fingerprint density at radius 1 is 0.864 bits per heavy atom. The van der Waals surface area contributed by atoms with Gasteiger partial charge in [0.05, 0.1) is 0 Å². The number of rotatable bonds is 4. The maximum absolute atomic E-state index is 11.5. The molecule has 2 nitrogen and oxygen atoms in total. The lowest BCUT2D eigenvalue weighted by atomic mass is 10.0. The highest BCUT2D eigenvalue weighted by Crippen LogP contribution is 2.26. The fourth-order valence-corrected chi connectivity index (χ4v) is 2.47. The summed E-state index contributed by atoms with van der Waals surface area (Å²) in [5.74, 6) is 0.420. The third-order valence-electron chi connectivity index (χ3n) is 3.62. The molecule has 0 heterocycles. The molecule has 0 fully saturated rings. The zero-order valence-electron chi connectivity index (χ0n) is 12.6. The lowest BCUT2D eigenvalue weighted by Crippen LogP contribution is -2.06. The first-order chi connectivity index (χ1) is 10.8. The van der Waals surface area contributed by atoms with E-state index < -0.39 is 0 Å². The summed E-state index contributed by atoms with van der Waals surface area (Å²) >= 11 is 0. The van der Waals surface area contributed by atoms with Gasteiger partial charge in [-0.15, -0.1) is 0 Å². The van der Waals surface area contributed by atoms with Crippen molar-refractivity contribution in [1.82, 2.24) is 0 Å². The number of carbonyl (C=O) groups excluding carboxylic acids is 1. The average molecular weight is 290 g/mol. The minimum Gasteiger partial charge on any atom is -0.427 e. The number of esters is 1. The summed E-state index contributed by atoms with van der Waals surface area (Å²) in [5, 5.41) is 2.45. The Morgan fingerprint density at radius 2 is 1.55 bits per heavy atom. The second kappa shape index (κ2) is 6.44. The zero-order valence-corrected chi connectivity index (χ0v) is 12.6. The minimum atomic E-state index is -0.180. The lowest BCUT2D eigenvalue weighted by Gasteiger charge is -2.07. The van der Waals surface area contributed by atoms with E-state index in [-0.39, 0.29) is 5.97 Å². The normalized spacial score (nSPS) is 10.6. The van der Waals surface area contributed by atoms with Crippen molar-refractivity contribution in [2.75, 3.05) is 0 Å². The van der Waals surface area contributed by atoms with Crippen molar-refractivity contribution in [3.63, 3.8) is 0 Å². The van der Waals surface area contributed by atoms with E-state index in [2.05, 4.69) is 30.3 Å². The van der Waals surface area contributed by atoms with Crippen molar-refractivity contribution < 1.29 is 9.53 Å². The molecule has 3 aromatic rings. The van der Waals surface area contributed by atoms with E-state index in [1.807, 2.05) is 43.3 Å². The number of carbonyl (C=O) groups is 1. The standard InChI is InChI=1S/C20H18O2/c1-2-5-20(21)22-19-12-10-16(11-13-19)18-9-8-15-6-3-4-7-17(15)14-18/h3-4,6-14H,2,5H2,1H3. The monoisotopic (exact) mass is 290 g/mol. The maximum Gasteiger partial charge on any atom is 0.311 e. The molecule has 3 aromatic carbocycles. The van der Waals surface area contributed by atoms with Crippen LogP contribution in [-0.2, 0) is 4.79 Å². The topological polar surface area (TPSA) is 26.3 Å². The Balaban J connectivity index is 1.83. The first-order valence-electron chi connectivity index (χ1n) is 7.56. The van der Waals surface area contributed by atoms with E-state index >= 15 is 0 Å². The lowest BCUT2D eigenvalue weighted by molar-refractivity contribution is -0.134. The molecule has 0 saturated carbocycles. The van der Waals surface area contributed by atoms with Crippen LogP contribution in [-0.4, -0.2) is 5.97 Å². The van der Waals surface area contributed by atoms with Crippen LogP contribution in [0.2, 0.25) is 0 Å². The van der Waals surface area contributed by atoms with Crippen LogP contribution in [0.5, 0.6) is 5.75 Å². The van der Waals surface area contributed by atoms with Crippen molar-refractivity contribution in [2.24, 2.45) is 0 Å². The molecule has 0 saturated heterocycles. The van der Waals surface area contributed by atoms with E-state index in [9.17, 15) is 4.79 Å². The maximum atomic E-state index is 11.5. The Bertz CT molecular complexity index is 788. The second-order valence-electron chi connectivity index (χ2n) is 5.31. The number of fused-ring (bicyclic) bond motifs is 1. The molecular formula is C20H18O2. The Hall–Kier alpha value is -2.61. The van der Waals surface area contributed by atoms with Gasteiger partial charge in [0.1, 0.15) is 5.75 Å². The quantitative estimate of drug-likeness (QED) is 0.487. The van der Waals surface area contributed by atoms with Crippen molar-refractivity contribution in [1.29, 1.82) is 0 Å². The number of hydrogen-bond donors (Lipinski definition) is 0. The number of hydrogen-bond acceptors (Lipinski definition) is 2. The van der Waals surface area contributed by atoms with Gasteiger partial charge < -0.3 is 4.74 Å². The molecule has 0 spiro atoms. The molecule has 0 aliphatic rings. The molecule has 0 aliphatic carbocycles. The molecule has 110 valence electrons. The highest BCUT2D eigenvalue weighted by molar-refractivity contribution is 5.87. The van der Waals surface area contributed by atoms with Crippen LogP contribution >= 0.6 is 0 Å². The van der Waals surface area contributed by atoms with Gasteiger partial charge in [-0.1, -0.05) is 55.5 Å². The zero-order chi connectivity index (χ0) is 15.4. The van der Waals surface area contributed by atoms with Crippen LogP contribution in [0.3, 0.4) is 0 Å².